The number of urea groups is 1. The summed E-state index contributed by atoms with van der Waals surface area (Å²) in [5, 5.41) is 0. The lowest BCUT2D eigenvalue weighted by molar-refractivity contribution is -0.143. The Kier molecular flexibility index (Phi) is 4.74. The Morgan fingerprint density at radius 1 is 0.958 bits per heavy atom. The van der Waals surface area contributed by atoms with Crippen molar-refractivity contribution in [3.05, 3.63) is 47.3 Å². The van der Waals surface area contributed by atoms with Crippen molar-refractivity contribution in [2.24, 2.45) is 0 Å². The van der Waals surface area contributed by atoms with E-state index in [0.29, 0.717) is 12.0 Å². The number of carbonyl (C=O) groups excluding carboxylic acids is 3. The van der Waals surface area contributed by atoms with E-state index in [-0.39, 0.29) is 13.1 Å². The molecule has 4 amide bonds. The summed E-state index contributed by atoms with van der Waals surface area (Å²) < 4.78 is 12.9. The molecule has 1 saturated heterocycles. The van der Waals surface area contributed by atoms with E-state index in [4.69, 9.17) is 0 Å². The lowest BCUT2D eigenvalue weighted by Crippen LogP contribution is -2.34. The minimum Gasteiger partial charge on any atom is -0.263 e. The van der Waals surface area contributed by atoms with Crippen LogP contribution in [0.2, 0.25) is 0 Å². The summed E-state index contributed by atoms with van der Waals surface area (Å²) in [5.41, 5.74) is 1.84. The Labute approximate surface area is 139 Å². The van der Waals surface area contributed by atoms with E-state index in [2.05, 4.69) is 6.08 Å². The molecule has 24 heavy (non-hydrogen) atoms. The van der Waals surface area contributed by atoms with Crippen LogP contribution < -0.4 is 0 Å². The van der Waals surface area contributed by atoms with Crippen molar-refractivity contribution in [2.45, 2.75) is 38.6 Å². The van der Waals surface area contributed by atoms with Gasteiger partial charge in [-0.1, -0.05) is 23.8 Å². The molecule has 6 heteroatoms. The number of rotatable bonds is 5. The zero-order chi connectivity index (χ0) is 17.1. The molecule has 1 aromatic rings. The molecule has 0 bridgehead atoms. The lowest BCUT2D eigenvalue weighted by atomic mass is 9.97. The number of carbonyl (C=O) groups is 3. The number of nitrogens with zero attached hydrogens (tertiary/aromatic N) is 2. The molecule has 1 aliphatic carbocycles. The smallest absolute Gasteiger partial charge is 0.263 e. The molecule has 1 aliphatic heterocycles. The molecule has 0 unspecified atom stereocenters. The summed E-state index contributed by atoms with van der Waals surface area (Å²) in [6, 6.07) is 4.92. The van der Waals surface area contributed by atoms with Crippen molar-refractivity contribution in [3.63, 3.8) is 0 Å². The number of amides is 4. The van der Waals surface area contributed by atoms with Crippen molar-refractivity contribution in [1.82, 2.24) is 9.80 Å². The number of imide groups is 2. The highest BCUT2D eigenvalue weighted by atomic mass is 19.1. The SMILES string of the molecule is O=C1C(=O)N(Cc2ccc(F)cc2)C(=O)N1CCC1=CCCCC1. The quantitative estimate of drug-likeness (QED) is 0.474. The Bertz CT molecular complexity index is 697. The van der Waals surface area contributed by atoms with E-state index in [0.717, 1.165) is 29.1 Å². The van der Waals surface area contributed by atoms with Crippen molar-refractivity contribution >= 4 is 17.8 Å². The highest BCUT2D eigenvalue weighted by Crippen LogP contribution is 2.22. The second kappa shape index (κ2) is 6.95. The summed E-state index contributed by atoms with van der Waals surface area (Å²) >= 11 is 0. The second-order valence-electron chi connectivity index (χ2n) is 6.12. The van der Waals surface area contributed by atoms with E-state index in [1.54, 1.807) is 0 Å². The van der Waals surface area contributed by atoms with Crippen LogP contribution in [0.4, 0.5) is 9.18 Å². The van der Waals surface area contributed by atoms with Gasteiger partial charge in [-0.25, -0.2) is 9.18 Å². The maximum Gasteiger partial charge on any atom is 0.334 e. The molecule has 1 aromatic carbocycles. The van der Waals surface area contributed by atoms with Crippen LogP contribution in [0, 0.1) is 5.82 Å². The van der Waals surface area contributed by atoms with E-state index in [9.17, 15) is 18.8 Å². The molecule has 0 radical (unpaired) electrons. The fraction of sp³-hybridized carbons (Fsp3) is 0.389. The summed E-state index contributed by atoms with van der Waals surface area (Å²) in [6.07, 6.45) is 7.11. The van der Waals surface area contributed by atoms with Crippen LogP contribution >= 0.6 is 0 Å². The van der Waals surface area contributed by atoms with Gasteiger partial charge >= 0.3 is 17.8 Å². The van der Waals surface area contributed by atoms with Gasteiger partial charge in [-0.3, -0.25) is 19.4 Å². The lowest BCUT2D eigenvalue weighted by Gasteiger charge is -2.18. The highest BCUT2D eigenvalue weighted by molar-refractivity contribution is 6.44. The molecule has 2 aliphatic rings. The summed E-state index contributed by atoms with van der Waals surface area (Å²) in [5.74, 6) is -1.99. The molecule has 1 heterocycles. The first-order valence-electron chi connectivity index (χ1n) is 8.16. The Morgan fingerprint density at radius 2 is 1.67 bits per heavy atom. The van der Waals surface area contributed by atoms with E-state index in [1.807, 2.05) is 0 Å². The van der Waals surface area contributed by atoms with Crippen LogP contribution in [-0.2, 0) is 16.1 Å². The van der Waals surface area contributed by atoms with Crippen LogP contribution in [-0.4, -0.2) is 34.2 Å². The molecular formula is C18H19FN2O3. The molecule has 5 nitrogen and oxygen atoms in total. The van der Waals surface area contributed by atoms with Gasteiger partial charge in [-0.2, -0.15) is 0 Å². The van der Waals surface area contributed by atoms with Crippen LogP contribution in [0.5, 0.6) is 0 Å². The zero-order valence-electron chi connectivity index (χ0n) is 13.3. The average molecular weight is 330 g/mol. The van der Waals surface area contributed by atoms with E-state index in [1.165, 1.54) is 36.3 Å². The fourth-order valence-corrected chi connectivity index (χ4v) is 3.05. The first-order chi connectivity index (χ1) is 11.6. The molecule has 0 N–H and O–H groups in total. The Balaban J connectivity index is 1.66. The topological polar surface area (TPSA) is 57.7 Å². The van der Waals surface area contributed by atoms with Gasteiger partial charge in [-0.15, -0.1) is 0 Å². The van der Waals surface area contributed by atoms with Gasteiger partial charge in [0, 0.05) is 6.54 Å². The Hall–Kier alpha value is -2.50. The summed E-state index contributed by atoms with van der Waals surface area (Å²) in [6.45, 7) is 0.206. The molecule has 126 valence electrons. The molecule has 1 fully saturated rings. The number of benzene rings is 1. The van der Waals surface area contributed by atoms with E-state index < -0.39 is 23.7 Å². The van der Waals surface area contributed by atoms with Crippen molar-refractivity contribution in [3.8, 4) is 0 Å². The van der Waals surface area contributed by atoms with Crippen LogP contribution in [0.25, 0.3) is 0 Å². The molecule has 0 spiro atoms. The second-order valence-corrected chi connectivity index (χ2v) is 6.12. The number of hydrogen-bond acceptors (Lipinski definition) is 3. The van der Waals surface area contributed by atoms with Gasteiger partial charge in [0.2, 0.25) is 0 Å². The third-order valence-corrected chi connectivity index (χ3v) is 4.43. The average Bonchev–Trinajstić information content (AvgIpc) is 2.79. The van der Waals surface area contributed by atoms with Gasteiger partial charge < -0.3 is 0 Å². The summed E-state index contributed by atoms with van der Waals surface area (Å²) in [4.78, 5) is 38.5. The van der Waals surface area contributed by atoms with Crippen LogP contribution in [0.15, 0.2) is 35.9 Å². The number of allylic oxidation sites excluding steroid dienone is 1. The fourth-order valence-electron chi connectivity index (χ4n) is 3.05. The van der Waals surface area contributed by atoms with Crippen molar-refractivity contribution < 1.29 is 18.8 Å². The van der Waals surface area contributed by atoms with Crippen molar-refractivity contribution in [2.75, 3.05) is 6.54 Å². The van der Waals surface area contributed by atoms with Gasteiger partial charge in [-0.05, 0) is 49.8 Å². The maximum atomic E-state index is 12.9. The minimum absolute atomic E-state index is 0.0249. The third kappa shape index (κ3) is 3.37. The maximum absolute atomic E-state index is 12.9. The predicted molar refractivity (Wildman–Crippen MR) is 85.2 cm³/mol. The highest BCUT2D eigenvalue weighted by Gasteiger charge is 2.44. The van der Waals surface area contributed by atoms with Gasteiger partial charge in [0.15, 0.2) is 0 Å². The first kappa shape index (κ1) is 16.4. The van der Waals surface area contributed by atoms with Crippen LogP contribution in [0.1, 0.15) is 37.7 Å². The molecular weight excluding hydrogens is 311 g/mol. The largest absolute Gasteiger partial charge is 0.334 e. The monoisotopic (exact) mass is 330 g/mol. The zero-order valence-corrected chi connectivity index (χ0v) is 13.3. The predicted octanol–water partition coefficient (Wildman–Crippen LogP) is 3.01. The molecule has 0 aromatic heterocycles. The van der Waals surface area contributed by atoms with Crippen molar-refractivity contribution in [1.29, 1.82) is 0 Å². The Morgan fingerprint density at radius 3 is 2.33 bits per heavy atom. The first-order valence-corrected chi connectivity index (χ1v) is 8.16. The van der Waals surface area contributed by atoms with E-state index >= 15 is 0 Å². The number of hydrogen-bond donors (Lipinski definition) is 0. The summed E-state index contributed by atoms with van der Waals surface area (Å²) in [7, 11) is 0. The van der Waals surface area contributed by atoms with Crippen LogP contribution in [0.3, 0.4) is 0 Å². The molecule has 0 atom stereocenters. The van der Waals surface area contributed by atoms with Gasteiger partial charge in [0.25, 0.3) is 0 Å². The molecule has 0 saturated carbocycles. The number of halogens is 1. The van der Waals surface area contributed by atoms with Gasteiger partial charge in [0.05, 0.1) is 6.54 Å². The third-order valence-electron chi connectivity index (χ3n) is 4.43. The van der Waals surface area contributed by atoms with Gasteiger partial charge in [0.1, 0.15) is 5.82 Å². The minimum atomic E-state index is -0.818. The standard InChI is InChI=1S/C18H19FN2O3/c19-15-8-6-14(7-9-15)12-21-17(23)16(22)20(18(21)24)11-10-13-4-2-1-3-5-13/h4,6-9H,1-3,5,10-12H2. The normalized spacial score (nSPS) is 18.4. The molecule has 3 rings (SSSR count).